The van der Waals surface area contributed by atoms with Crippen LogP contribution in [0.2, 0.25) is 0 Å². The molecule has 22 rings (SSSR count). The maximum atomic E-state index is 12.7. The topological polar surface area (TPSA) is 528 Å². The number of methoxy groups -OCH3 is 1. The smallest absolute Gasteiger partial charge is 0.271 e. The molecule has 0 radical (unpaired) electrons. The summed E-state index contributed by atoms with van der Waals surface area (Å²) in [5.41, 5.74) is 11.2. The monoisotopic (exact) mass is 1720 g/mol. The highest BCUT2D eigenvalue weighted by Gasteiger charge is 2.24. The average molecular weight is 1720 g/mol. The van der Waals surface area contributed by atoms with Crippen LogP contribution in [0.15, 0.2) is 213 Å². The van der Waals surface area contributed by atoms with E-state index in [1.807, 2.05) is 172 Å². The molecule has 0 unspecified atom stereocenters. The van der Waals surface area contributed by atoms with E-state index >= 15 is 0 Å². The number of benzene rings is 8. The van der Waals surface area contributed by atoms with E-state index in [9.17, 15) is 28.8 Å². The second-order valence-corrected chi connectivity index (χ2v) is 31.8. The van der Waals surface area contributed by atoms with Crippen molar-refractivity contribution in [1.82, 2.24) is 132 Å². The van der Waals surface area contributed by atoms with E-state index in [0.29, 0.717) is 132 Å². The fourth-order valence-corrected chi connectivity index (χ4v) is 16.0. The molecule has 8 aromatic carbocycles. The summed E-state index contributed by atoms with van der Waals surface area (Å²) in [6.07, 6.45) is 12.3. The molecular formula is C92H86N30O7. The highest BCUT2D eigenvalue weighted by Crippen LogP contribution is 2.37. The van der Waals surface area contributed by atoms with Crippen molar-refractivity contribution in [2.24, 2.45) is 0 Å². The summed E-state index contributed by atoms with van der Waals surface area (Å²) in [5.74, 6) is 6.96. The number of rotatable bonds is 21. The number of nitrogens with zero attached hydrogens (tertiary/aromatic N) is 12. The molecule has 2 amide bonds. The van der Waals surface area contributed by atoms with Gasteiger partial charge in [0.2, 0.25) is 0 Å². The Bertz CT molecular complexity index is 7800. The Kier molecular flexibility index (Phi) is 22.9. The standard InChI is InChI=1S/C25H24N8O2.C23H21N7O.C22H20N8O2.C22H21N7O2/c34-24-17-12-14(10-11-19(17)30-33-24)22-27-18-9-5-4-8-16(18)23(29-22)28-21-13-20(31-32-21)25(35)26-15-6-2-1-3-7-15;31-23-16-11-14(9-10-18(16)27-30-23)21-24-17-8-4-3-7-15(17)22(26-21)25-20-12-19(28-29-20)13-5-1-2-6-13;1-11(2)23-22(32)17-10-18(29-28-17)25-20-13-5-3-4-6-15(13)24-19(26-20)12-7-8-16-14(9-12)21(31)30-27-16;1-31-10-4-5-14-12-19(28-26-14)24-21-15-6-2-3-7-17(15)23-20(25-21)13-8-9-18-16(11-13)22(30)29-27-18/h4-5,8-13,15H,1-3,6-7H2,(H,26,35)(H2,30,33,34)(H2,27,28,29,31,32);3-4,7-13H,1-2,5-6H2,(H2,27,30,31)(H2,24,25,26,28,29);3-11H,1-2H3,(H,23,32)(H2,27,30,31)(H2,24,25,26,28,29);2-3,6-9,11-12H,4-5,10H2,1H3,(H2,27,29,30)(H2,23,24,25,26,28). The molecule has 0 saturated heterocycles. The van der Waals surface area contributed by atoms with E-state index in [1.165, 1.54) is 37.8 Å². The number of anilines is 8. The van der Waals surface area contributed by atoms with Crippen LogP contribution in [0.1, 0.15) is 116 Å². The highest BCUT2D eigenvalue weighted by molar-refractivity contribution is 5.99. The number of aromatic amines is 12. The maximum absolute atomic E-state index is 12.7. The van der Waals surface area contributed by atoms with Crippen LogP contribution in [0.25, 0.3) is 133 Å². The number of ether oxygens (including phenoxy) is 1. The largest absolute Gasteiger partial charge is 0.385 e. The van der Waals surface area contributed by atoms with Crippen molar-refractivity contribution in [3.8, 4) is 45.6 Å². The molecule has 12 aromatic heterocycles. The van der Waals surface area contributed by atoms with Crippen molar-refractivity contribution in [3.05, 3.63) is 258 Å². The van der Waals surface area contributed by atoms with Gasteiger partial charge >= 0.3 is 0 Å². The molecule has 20 aromatic rings. The second kappa shape index (κ2) is 36.1. The van der Waals surface area contributed by atoms with Crippen molar-refractivity contribution in [2.45, 2.75) is 102 Å². The Morgan fingerprint density at radius 3 is 1.11 bits per heavy atom. The average Bonchev–Trinajstić information content (AvgIpc) is 1.73. The van der Waals surface area contributed by atoms with Gasteiger partial charge in [-0.05, 0) is 174 Å². The fourth-order valence-electron chi connectivity index (χ4n) is 16.0. The van der Waals surface area contributed by atoms with E-state index in [1.54, 1.807) is 37.4 Å². The lowest BCUT2D eigenvalue weighted by Crippen LogP contribution is -2.36. The molecule has 2 aliphatic carbocycles. The molecule has 129 heavy (non-hydrogen) atoms. The number of carbonyl (C=O) groups excluding carboxylic acids is 2. The molecule has 2 saturated carbocycles. The molecule has 37 nitrogen and oxygen atoms in total. The molecular weight excluding hydrogens is 1640 g/mol. The van der Waals surface area contributed by atoms with Crippen LogP contribution < -0.4 is 54.1 Å². The van der Waals surface area contributed by atoms with Crippen molar-refractivity contribution >= 4 is 146 Å². The quantitative estimate of drug-likeness (QED) is 0.0297. The summed E-state index contributed by atoms with van der Waals surface area (Å²) < 4.78 is 5.11. The van der Waals surface area contributed by atoms with Crippen LogP contribution in [0, 0.1) is 0 Å². The third-order valence-corrected chi connectivity index (χ3v) is 22.6. The van der Waals surface area contributed by atoms with E-state index in [0.717, 1.165) is 116 Å². The van der Waals surface area contributed by atoms with Crippen molar-refractivity contribution in [3.63, 3.8) is 0 Å². The van der Waals surface area contributed by atoms with Crippen LogP contribution >= 0.6 is 0 Å². The fraction of sp³-hybridized carbons (Fsp3) is 0.196. The first kappa shape index (κ1) is 81.8. The van der Waals surface area contributed by atoms with Crippen molar-refractivity contribution < 1.29 is 14.3 Å². The summed E-state index contributed by atoms with van der Waals surface area (Å²) in [4.78, 5) is 111. The number of nitrogens with one attached hydrogen (secondary N) is 18. The zero-order chi connectivity index (χ0) is 88.0. The van der Waals surface area contributed by atoms with Crippen LogP contribution in [0.4, 0.5) is 46.5 Å². The first-order valence-electron chi connectivity index (χ1n) is 42.4. The molecule has 0 atom stereocenters. The Morgan fingerprint density at radius 1 is 0.372 bits per heavy atom. The summed E-state index contributed by atoms with van der Waals surface area (Å²) >= 11 is 0. The van der Waals surface area contributed by atoms with E-state index < -0.39 is 0 Å². The van der Waals surface area contributed by atoms with Gasteiger partial charge in [-0.25, -0.2) is 39.9 Å². The number of H-pyrrole nitrogens is 12. The van der Waals surface area contributed by atoms with Crippen LogP contribution in [-0.2, 0) is 11.2 Å². The minimum absolute atomic E-state index is 0.0141. The van der Waals surface area contributed by atoms with Gasteiger partial charge in [-0.3, -0.25) is 90.0 Å². The SMILES string of the molecule is CC(C)NC(=O)c1cc(Nc2nc(-c3ccc4[nH][nH]c(=O)c4c3)nc3ccccc23)n[nH]1.COCCCc1cc(Nc2nc(-c3ccc4[nH][nH]c(=O)c4c3)nc3ccccc23)n[nH]1.O=C(NC1CCCCC1)c1cc(Nc2nc(-c3ccc4[nH][nH]c(=O)c4c3)nc3ccccc23)n[nH]1.O=c1[nH][nH]c2ccc(-c3nc(Nc4cc(C5CCCC5)[nH]n4)c4ccccc4n3)cc12. The third kappa shape index (κ3) is 18.0. The van der Waals surface area contributed by atoms with Crippen molar-refractivity contribution in [1.29, 1.82) is 0 Å². The molecule has 37 heteroatoms. The number of aryl methyl sites for hydroxylation is 1. The van der Waals surface area contributed by atoms with Gasteiger partial charge in [0.15, 0.2) is 46.6 Å². The predicted molar refractivity (Wildman–Crippen MR) is 496 cm³/mol. The van der Waals surface area contributed by atoms with Crippen LogP contribution in [0.3, 0.4) is 0 Å². The van der Waals surface area contributed by atoms with Gasteiger partial charge in [0.1, 0.15) is 34.7 Å². The molecule has 18 N–H and O–H groups in total. The van der Waals surface area contributed by atoms with Crippen LogP contribution in [-0.4, -0.2) is 159 Å². The molecule has 646 valence electrons. The molecule has 2 aliphatic rings. The van der Waals surface area contributed by atoms with E-state index in [-0.39, 0.29) is 46.1 Å². The summed E-state index contributed by atoms with van der Waals surface area (Å²) in [6, 6.07) is 60.4. The number of carbonyl (C=O) groups is 2. The molecule has 12 heterocycles. The lowest BCUT2D eigenvalue weighted by atomic mass is 9.95. The summed E-state index contributed by atoms with van der Waals surface area (Å²) in [6.45, 7) is 4.48. The number of hydrogen-bond acceptors (Lipinski definition) is 23. The maximum Gasteiger partial charge on any atom is 0.271 e. The van der Waals surface area contributed by atoms with E-state index in [2.05, 4.69) is 125 Å². The minimum atomic E-state index is -0.237. The summed E-state index contributed by atoms with van der Waals surface area (Å²) in [5, 5.41) is 75.5. The molecule has 2 fully saturated rings. The number of hydrogen-bond donors (Lipinski definition) is 18. The van der Waals surface area contributed by atoms with Gasteiger partial charge < -0.3 is 36.6 Å². The Balaban J connectivity index is 0.000000112. The second-order valence-electron chi connectivity index (χ2n) is 31.8. The molecule has 0 aliphatic heterocycles. The minimum Gasteiger partial charge on any atom is -0.385 e. The number of aromatic nitrogens is 24. The third-order valence-electron chi connectivity index (χ3n) is 22.6. The van der Waals surface area contributed by atoms with Gasteiger partial charge in [0.25, 0.3) is 34.1 Å². The Hall–Kier alpha value is -16.9. The van der Waals surface area contributed by atoms with E-state index in [4.69, 9.17) is 39.6 Å². The number of amides is 2. The number of fused-ring (bicyclic) bond motifs is 8. The number of para-hydroxylation sites is 4. The Morgan fingerprint density at radius 2 is 0.721 bits per heavy atom. The molecule has 0 spiro atoms. The first-order valence-corrected chi connectivity index (χ1v) is 42.4. The van der Waals surface area contributed by atoms with Gasteiger partial charge in [0.05, 0.1) is 65.7 Å². The normalized spacial score (nSPS) is 13.0. The van der Waals surface area contributed by atoms with Gasteiger partial charge in [0, 0.05) is 111 Å². The summed E-state index contributed by atoms with van der Waals surface area (Å²) in [7, 11) is 1.70. The zero-order valence-corrected chi connectivity index (χ0v) is 69.9. The zero-order valence-electron chi connectivity index (χ0n) is 69.9. The van der Waals surface area contributed by atoms with Gasteiger partial charge in [-0.15, -0.1) is 0 Å². The molecule has 0 bridgehead atoms. The van der Waals surface area contributed by atoms with Gasteiger partial charge in [-0.1, -0.05) is 80.6 Å². The first-order chi connectivity index (χ1) is 63.1. The van der Waals surface area contributed by atoms with Crippen LogP contribution in [0.5, 0.6) is 0 Å². The van der Waals surface area contributed by atoms with Gasteiger partial charge in [-0.2, -0.15) is 20.4 Å². The van der Waals surface area contributed by atoms with Crippen molar-refractivity contribution in [2.75, 3.05) is 35.0 Å². The highest BCUT2D eigenvalue weighted by atomic mass is 16.5. The predicted octanol–water partition coefficient (Wildman–Crippen LogP) is 15.2. The lowest BCUT2D eigenvalue weighted by Gasteiger charge is -2.22. The lowest BCUT2D eigenvalue weighted by molar-refractivity contribution is 0.0919. The Labute approximate surface area is 729 Å².